The molecule has 0 aromatic heterocycles. The number of sulfonamides is 1. The van der Waals surface area contributed by atoms with Crippen LogP contribution >= 0.6 is 24.0 Å². The third kappa shape index (κ3) is 6.90. The molecule has 9 heteroatoms. The first-order valence-corrected chi connectivity index (χ1v) is 12.1. The summed E-state index contributed by atoms with van der Waals surface area (Å²) in [5, 5.41) is 6.78. The van der Waals surface area contributed by atoms with Crippen LogP contribution in [0.2, 0.25) is 0 Å². The van der Waals surface area contributed by atoms with Crippen molar-refractivity contribution in [3.8, 4) is 0 Å². The predicted octanol–water partition coefficient (Wildman–Crippen LogP) is 3.06. The van der Waals surface area contributed by atoms with Gasteiger partial charge in [0.1, 0.15) is 0 Å². The molecule has 0 spiro atoms. The lowest BCUT2D eigenvalue weighted by atomic mass is 10.1. The van der Waals surface area contributed by atoms with Crippen LogP contribution in [-0.4, -0.2) is 64.4 Å². The second kappa shape index (κ2) is 12.5. The Balaban J connectivity index is 0.00000363. The van der Waals surface area contributed by atoms with E-state index < -0.39 is 10.0 Å². The van der Waals surface area contributed by atoms with Gasteiger partial charge in [-0.3, -0.25) is 9.89 Å². The van der Waals surface area contributed by atoms with Crippen LogP contribution in [0.1, 0.15) is 30.0 Å². The van der Waals surface area contributed by atoms with Gasteiger partial charge in [0, 0.05) is 34.2 Å². The van der Waals surface area contributed by atoms with Gasteiger partial charge in [-0.05, 0) is 49.2 Å². The maximum atomic E-state index is 12.2. The Bertz CT molecular complexity index is 960. The highest BCUT2D eigenvalue weighted by molar-refractivity contribution is 14.0. The van der Waals surface area contributed by atoms with Crippen LogP contribution in [0, 0.1) is 0 Å². The number of rotatable bonds is 8. The van der Waals surface area contributed by atoms with E-state index in [2.05, 4.69) is 44.8 Å². The van der Waals surface area contributed by atoms with Gasteiger partial charge in [0.2, 0.25) is 10.0 Å². The molecule has 2 aromatic carbocycles. The van der Waals surface area contributed by atoms with Gasteiger partial charge in [0.05, 0.1) is 10.9 Å². The second-order valence-electron chi connectivity index (χ2n) is 7.91. The monoisotopic (exact) mass is 571 g/mol. The molecule has 3 rings (SSSR count). The van der Waals surface area contributed by atoms with Crippen LogP contribution in [0.4, 0.5) is 0 Å². The molecule has 0 saturated carbocycles. The van der Waals surface area contributed by atoms with Gasteiger partial charge in [-0.1, -0.05) is 42.5 Å². The minimum absolute atomic E-state index is 0. The van der Waals surface area contributed by atoms with E-state index in [1.54, 1.807) is 19.2 Å². The molecule has 2 N–H and O–H groups in total. The number of likely N-dealkylation sites (tertiary alicyclic amines) is 1. The van der Waals surface area contributed by atoms with E-state index >= 15 is 0 Å². The quantitative estimate of drug-likeness (QED) is 0.290. The van der Waals surface area contributed by atoms with E-state index in [0.717, 1.165) is 31.2 Å². The second-order valence-corrected chi connectivity index (χ2v) is 10.1. The molecule has 0 bridgehead atoms. The molecule has 0 radical (unpaired) electrons. The third-order valence-electron chi connectivity index (χ3n) is 5.61. The molecular formula is C23H34IN5O2S. The van der Waals surface area contributed by atoms with E-state index in [9.17, 15) is 8.42 Å². The molecular weight excluding hydrogens is 537 g/mol. The molecule has 1 aliphatic heterocycles. The Hall–Kier alpha value is -1.69. The first-order chi connectivity index (χ1) is 14.9. The van der Waals surface area contributed by atoms with Crippen molar-refractivity contribution in [3.63, 3.8) is 0 Å². The van der Waals surface area contributed by atoms with Gasteiger partial charge < -0.3 is 10.6 Å². The van der Waals surface area contributed by atoms with Crippen LogP contribution in [0.3, 0.4) is 0 Å². The largest absolute Gasteiger partial charge is 0.354 e. The molecule has 32 heavy (non-hydrogen) atoms. The zero-order valence-electron chi connectivity index (χ0n) is 19.0. The normalized spacial score (nSPS) is 15.9. The van der Waals surface area contributed by atoms with Crippen molar-refractivity contribution in [1.29, 1.82) is 0 Å². The molecule has 1 aliphatic rings. The minimum atomic E-state index is -3.41. The summed E-state index contributed by atoms with van der Waals surface area (Å²) in [7, 11) is 1.42. The molecule has 1 saturated heterocycles. The number of halogens is 1. The summed E-state index contributed by atoms with van der Waals surface area (Å²) in [4.78, 5) is 7.17. The Morgan fingerprint density at radius 2 is 1.66 bits per heavy atom. The zero-order chi connectivity index (χ0) is 22.3. The van der Waals surface area contributed by atoms with E-state index in [-0.39, 0.29) is 24.0 Å². The van der Waals surface area contributed by atoms with Crippen LogP contribution < -0.4 is 10.6 Å². The summed E-state index contributed by atoms with van der Waals surface area (Å²) in [5.41, 5.74) is 2.30. The summed E-state index contributed by atoms with van der Waals surface area (Å²) in [5.74, 6) is 0.727. The summed E-state index contributed by atoms with van der Waals surface area (Å²) < 4.78 is 25.6. The smallest absolute Gasteiger partial charge is 0.242 e. The molecule has 1 atom stereocenters. The molecule has 2 aromatic rings. The van der Waals surface area contributed by atoms with Gasteiger partial charge in [0.25, 0.3) is 0 Å². The molecule has 0 aliphatic carbocycles. The first-order valence-electron chi connectivity index (χ1n) is 10.7. The van der Waals surface area contributed by atoms with Crippen molar-refractivity contribution < 1.29 is 8.42 Å². The zero-order valence-corrected chi connectivity index (χ0v) is 22.1. The van der Waals surface area contributed by atoms with Crippen molar-refractivity contribution >= 4 is 40.0 Å². The molecule has 176 valence electrons. The van der Waals surface area contributed by atoms with Gasteiger partial charge in [-0.25, -0.2) is 12.7 Å². The number of hydrogen-bond acceptors (Lipinski definition) is 4. The molecule has 0 amide bonds. The van der Waals surface area contributed by atoms with Gasteiger partial charge in [-0.15, -0.1) is 24.0 Å². The standard InChI is InChI=1S/C23H33N5O2S.HI/c1-24-23(25-17-19-11-13-21(14-12-19)31(29,30)27(2)3)26-18-22(28-15-7-8-16-28)20-9-5-4-6-10-20;/h4-6,9-14,22H,7-8,15-18H2,1-3H3,(H2,24,25,26);1H. The van der Waals surface area contributed by atoms with Crippen LogP contribution in [0.15, 0.2) is 64.5 Å². The van der Waals surface area contributed by atoms with Crippen molar-refractivity contribution in [1.82, 2.24) is 19.8 Å². The van der Waals surface area contributed by atoms with Gasteiger partial charge in [-0.2, -0.15) is 0 Å². The highest BCUT2D eigenvalue weighted by Crippen LogP contribution is 2.24. The fourth-order valence-electron chi connectivity index (χ4n) is 3.78. The lowest BCUT2D eigenvalue weighted by Crippen LogP contribution is -2.42. The Morgan fingerprint density at radius 3 is 2.22 bits per heavy atom. The number of aliphatic imine (C=N–C) groups is 1. The van der Waals surface area contributed by atoms with Crippen LogP contribution in [0.25, 0.3) is 0 Å². The average molecular weight is 572 g/mol. The first kappa shape index (κ1) is 26.6. The van der Waals surface area contributed by atoms with Crippen molar-refractivity contribution in [2.24, 2.45) is 4.99 Å². The highest BCUT2D eigenvalue weighted by Gasteiger charge is 2.23. The summed E-state index contributed by atoms with van der Waals surface area (Å²) in [6, 6.07) is 17.8. The number of guanidine groups is 1. The Kier molecular flexibility index (Phi) is 10.4. The van der Waals surface area contributed by atoms with Crippen molar-refractivity contribution in [3.05, 3.63) is 65.7 Å². The average Bonchev–Trinajstić information content (AvgIpc) is 3.31. The molecule has 1 unspecified atom stereocenters. The Morgan fingerprint density at radius 1 is 1.03 bits per heavy atom. The van der Waals surface area contributed by atoms with Crippen molar-refractivity contribution in [2.75, 3.05) is 40.8 Å². The number of benzene rings is 2. The summed E-state index contributed by atoms with van der Waals surface area (Å²) >= 11 is 0. The molecule has 1 heterocycles. The van der Waals surface area contributed by atoms with Crippen molar-refractivity contribution in [2.45, 2.75) is 30.3 Å². The van der Waals surface area contributed by atoms with E-state index in [0.29, 0.717) is 17.5 Å². The fourth-order valence-corrected chi connectivity index (χ4v) is 4.68. The van der Waals surface area contributed by atoms with E-state index in [4.69, 9.17) is 0 Å². The minimum Gasteiger partial charge on any atom is -0.354 e. The molecule has 1 fully saturated rings. The maximum absolute atomic E-state index is 12.2. The van der Waals surface area contributed by atoms with E-state index in [1.165, 1.54) is 36.8 Å². The summed E-state index contributed by atoms with van der Waals surface area (Å²) in [6.45, 7) is 3.57. The summed E-state index contributed by atoms with van der Waals surface area (Å²) in [6.07, 6.45) is 2.49. The predicted molar refractivity (Wildman–Crippen MR) is 141 cm³/mol. The molecule has 7 nitrogen and oxygen atoms in total. The number of hydrogen-bond donors (Lipinski definition) is 2. The number of nitrogens with zero attached hydrogens (tertiary/aromatic N) is 3. The number of nitrogens with one attached hydrogen (secondary N) is 2. The lowest BCUT2D eigenvalue weighted by molar-refractivity contribution is 0.245. The van der Waals surface area contributed by atoms with Crippen LogP contribution in [0.5, 0.6) is 0 Å². The highest BCUT2D eigenvalue weighted by atomic mass is 127. The SMILES string of the molecule is CN=C(NCc1ccc(S(=O)(=O)N(C)C)cc1)NCC(c1ccccc1)N1CCCC1.I. The van der Waals surface area contributed by atoms with E-state index in [1.807, 2.05) is 18.2 Å². The lowest BCUT2D eigenvalue weighted by Gasteiger charge is -2.29. The Labute approximate surface area is 209 Å². The third-order valence-corrected chi connectivity index (χ3v) is 7.44. The van der Waals surface area contributed by atoms with Gasteiger partial charge >= 0.3 is 0 Å². The fraction of sp³-hybridized carbons (Fsp3) is 0.435. The van der Waals surface area contributed by atoms with Crippen LogP contribution in [-0.2, 0) is 16.6 Å². The topological polar surface area (TPSA) is 77.0 Å². The van der Waals surface area contributed by atoms with Gasteiger partial charge in [0.15, 0.2) is 5.96 Å². The maximum Gasteiger partial charge on any atom is 0.242 e.